The van der Waals surface area contributed by atoms with Crippen LogP contribution in [0, 0.1) is 0 Å². The summed E-state index contributed by atoms with van der Waals surface area (Å²) < 4.78 is 49.0. The number of amides is 1. The van der Waals surface area contributed by atoms with E-state index in [9.17, 15) is 18.0 Å². The second kappa shape index (κ2) is 11.5. The Hall–Kier alpha value is -3.89. The van der Waals surface area contributed by atoms with Crippen molar-refractivity contribution in [1.29, 1.82) is 0 Å². The Kier molecular flexibility index (Phi) is 7.85. The number of alkyl halides is 3. The van der Waals surface area contributed by atoms with Crippen molar-refractivity contribution < 1.29 is 22.7 Å². The highest BCUT2D eigenvalue weighted by atomic mass is 32.1. The van der Waals surface area contributed by atoms with Gasteiger partial charge in [-0.15, -0.1) is 11.3 Å². The quantitative estimate of drug-likeness (QED) is 0.254. The fraction of sp³-hybridized carbons (Fsp3) is 0.241. The predicted octanol–water partition coefficient (Wildman–Crippen LogP) is 6.89. The van der Waals surface area contributed by atoms with Gasteiger partial charge in [0.1, 0.15) is 5.69 Å². The van der Waals surface area contributed by atoms with Crippen LogP contribution in [0.25, 0.3) is 22.3 Å². The second-order valence-corrected chi connectivity index (χ2v) is 10.1. The summed E-state index contributed by atoms with van der Waals surface area (Å²) >= 11 is 1.53. The molecule has 10 heteroatoms. The number of anilines is 2. The first-order chi connectivity index (χ1) is 18.8. The van der Waals surface area contributed by atoms with Crippen molar-refractivity contribution in [2.45, 2.75) is 25.1 Å². The van der Waals surface area contributed by atoms with Crippen molar-refractivity contribution >= 4 is 34.7 Å². The molecule has 2 aromatic heterocycles. The predicted molar refractivity (Wildman–Crippen MR) is 148 cm³/mol. The molecule has 1 aliphatic rings. The Bertz CT molecular complexity index is 1440. The van der Waals surface area contributed by atoms with Gasteiger partial charge < -0.3 is 15.0 Å². The average molecular weight is 553 g/mol. The Labute approximate surface area is 228 Å². The number of ether oxygens (including phenoxy) is 1. The van der Waals surface area contributed by atoms with Gasteiger partial charge in [0.05, 0.1) is 22.2 Å². The summed E-state index contributed by atoms with van der Waals surface area (Å²) in [5, 5.41) is 9.21. The molecule has 1 fully saturated rings. The van der Waals surface area contributed by atoms with Gasteiger partial charge in [-0.05, 0) is 60.7 Å². The van der Waals surface area contributed by atoms with Gasteiger partial charge in [0.15, 0.2) is 0 Å². The lowest BCUT2D eigenvalue weighted by Crippen LogP contribution is -2.37. The van der Waals surface area contributed by atoms with Crippen LogP contribution in [0.3, 0.4) is 0 Å². The molecule has 2 aromatic carbocycles. The summed E-state index contributed by atoms with van der Waals surface area (Å²) in [5.41, 5.74) is 1.70. The zero-order valence-corrected chi connectivity index (χ0v) is 22.0. The number of aromatic nitrogens is 2. The highest BCUT2D eigenvalue weighted by Gasteiger charge is 2.36. The third-order valence-electron chi connectivity index (χ3n) is 6.62. The van der Waals surface area contributed by atoms with E-state index in [4.69, 9.17) is 9.84 Å². The molecule has 0 radical (unpaired) electrons. The van der Waals surface area contributed by atoms with Crippen LogP contribution in [0.1, 0.15) is 24.0 Å². The summed E-state index contributed by atoms with van der Waals surface area (Å²) in [5.74, 6) is -0.540. The molecule has 0 unspecified atom stereocenters. The molecule has 0 saturated carbocycles. The summed E-state index contributed by atoms with van der Waals surface area (Å²) in [6, 6.07) is 17.4. The molecular formula is C29H27F3N4O2S. The summed E-state index contributed by atoms with van der Waals surface area (Å²) in [4.78, 5) is 15.4. The van der Waals surface area contributed by atoms with Crippen molar-refractivity contribution in [3.05, 3.63) is 89.4 Å². The zero-order chi connectivity index (χ0) is 27.4. The maximum atomic E-state index is 14.0. The normalized spacial score (nSPS) is 14.7. The number of carbonyl (C=O) groups is 1. The third kappa shape index (κ3) is 6.23. The molecule has 1 N–H and O–H groups in total. The molecule has 6 nitrogen and oxygen atoms in total. The molecule has 1 saturated heterocycles. The molecule has 202 valence electrons. The number of nitrogens with one attached hydrogen (secondary N) is 1. The van der Waals surface area contributed by atoms with E-state index in [1.807, 2.05) is 54.0 Å². The molecule has 1 aliphatic heterocycles. The van der Waals surface area contributed by atoms with Gasteiger partial charge in [0.25, 0.3) is 0 Å². The van der Waals surface area contributed by atoms with E-state index in [0.29, 0.717) is 37.2 Å². The van der Waals surface area contributed by atoms with Crippen molar-refractivity contribution in [1.82, 2.24) is 9.78 Å². The zero-order valence-electron chi connectivity index (χ0n) is 21.2. The first-order valence-electron chi connectivity index (χ1n) is 12.5. The van der Waals surface area contributed by atoms with Crippen LogP contribution in [0.5, 0.6) is 0 Å². The van der Waals surface area contributed by atoms with Gasteiger partial charge in [-0.25, -0.2) is 4.68 Å². The van der Waals surface area contributed by atoms with Crippen LogP contribution in [-0.4, -0.2) is 42.0 Å². The Morgan fingerprint density at radius 2 is 1.87 bits per heavy atom. The molecule has 5 rings (SSSR count). The standard InChI is InChI=1S/C29H27F3N4O2S/c1-38-23-13-15-35(16-14-23)25-11-10-21(18-24(25)29(30,31)32)33-27(37)12-9-20-19-36(22-6-3-2-4-7-22)34-28(20)26-8-5-17-39-26/h2-12,17-19,23H,13-16H2,1H3,(H,33,37)/b12-9+. The Balaban J connectivity index is 1.36. The van der Waals surface area contributed by atoms with Gasteiger partial charge >= 0.3 is 6.18 Å². The Morgan fingerprint density at radius 1 is 1.10 bits per heavy atom. The minimum absolute atomic E-state index is 0.0565. The monoisotopic (exact) mass is 552 g/mol. The number of hydrogen-bond acceptors (Lipinski definition) is 5. The highest BCUT2D eigenvalue weighted by molar-refractivity contribution is 7.13. The van der Waals surface area contributed by atoms with Gasteiger partial charge in [-0.1, -0.05) is 24.3 Å². The lowest BCUT2D eigenvalue weighted by Gasteiger charge is -2.34. The molecule has 0 atom stereocenters. The number of benzene rings is 2. The van der Waals surface area contributed by atoms with E-state index in [2.05, 4.69) is 5.32 Å². The van der Waals surface area contributed by atoms with E-state index in [1.165, 1.54) is 29.5 Å². The SMILES string of the molecule is COC1CCN(c2ccc(NC(=O)/C=C/c3cn(-c4ccccc4)nc3-c3cccs3)cc2C(F)(F)F)CC1. The maximum absolute atomic E-state index is 14.0. The number of piperidine rings is 1. The average Bonchev–Trinajstić information content (AvgIpc) is 3.62. The molecule has 1 amide bonds. The molecule has 39 heavy (non-hydrogen) atoms. The third-order valence-corrected chi connectivity index (χ3v) is 7.49. The number of para-hydroxylation sites is 1. The lowest BCUT2D eigenvalue weighted by atomic mass is 10.0. The summed E-state index contributed by atoms with van der Waals surface area (Å²) in [6.07, 6.45) is 1.55. The number of nitrogens with zero attached hydrogens (tertiary/aromatic N) is 3. The van der Waals surface area contributed by atoms with Gasteiger partial charge in [0, 0.05) is 49.4 Å². The van der Waals surface area contributed by atoms with Crippen molar-refractivity contribution in [2.24, 2.45) is 0 Å². The molecule has 4 aromatic rings. The number of thiophene rings is 1. The topological polar surface area (TPSA) is 59.4 Å². The largest absolute Gasteiger partial charge is 0.418 e. The molecular weight excluding hydrogens is 525 g/mol. The number of carbonyl (C=O) groups excluding carboxylic acids is 1. The molecule has 0 aliphatic carbocycles. The van der Waals surface area contributed by atoms with Gasteiger partial charge in [-0.3, -0.25) is 4.79 Å². The van der Waals surface area contributed by atoms with E-state index in [0.717, 1.165) is 16.6 Å². The Morgan fingerprint density at radius 3 is 2.54 bits per heavy atom. The minimum atomic E-state index is -4.56. The van der Waals surface area contributed by atoms with E-state index in [1.54, 1.807) is 22.8 Å². The fourth-order valence-electron chi connectivity index (χ4n) is 4.63. The van der Waals surface area contributed by atoms with Crippen LogP contribution < -0.4 is 10.2 Å². The van der Waals surface area contributed by atoms with Crippen molar-refractivity contribution in [3.63, 3.8) is 0 Å². The lowest BCUT2D eigenvalue weighted by molar-refractivity contribution is -0.137. The first-order valence-corrected chi connectivity index (χ1v) is 13.4. The van der Waals surface area contributed by atoms with Gasteiger partial charge in [0.2, 0.25) is 5.91 Å². The first kappa shape index (κ1) is 26.7. The highest BCUT2D eigenvalue weighted by Crippen LogP contribution is 2.39. The molecule has 0 bridgehead atoms. The van der Waals surface area contributed by atoms with Crippen LogP contribution in [0.4, 0.5) is 24.5 Å². The maximum Gasteiger partial charge on any atom is 0.418 e. The van der Waals surface area contributed by atoms with Crippen LogP contribution in [-0.2, 0) is 15.7 Å². The number of halogens is 3. The van der Waals surface area contributed by atoms with E-state index in [-0.39, 0.29) is 17.5 Å². The van der Waals surface area contributed by atoms with E-state index >= 15 is 0 Å². The minimum Gasteiger partial charge on any atom is -0.381 e. The van der Waals surface area contributed by atoms with Gasteiger partial charge in [-0.2, -0.15) is 18.3 Å². The number of hydrogen-bond donors (Lipinski definition) is 1. The molecule has 0 spiro atoms. The molecule has 3 heterocycles. The smallest absolute Gasteiger partial charge is 0.381 e. The van der Waals surface area contributed by atoms with Crippen LogP contribution in [0.2, 0.25) is 0 Å². The number of rotatable bonds is 7. The van der Waals surface area contributed by atoms with Crippen molar-refractivity contribution in [2.75, 3.05) is 30.4 Å². The summed E-state index contributed by atoms with van der Waals surface area (Å²) in [7, 11) is 1.62. The van der Waals surface area contributed by atoms with Crippen LogP contribution in [0.15, 0.2) is 78.3 Å². The fourth-order valence-corrected chi connectivity index (χ4v) is 5.36. The second-order valence-electron chi connectivity index (χ2n) is 9.16. The van der Waals surface area contributed by atoms with Crippen molar-refractivity contribution in [3.8, 4) is 16.3 Å². The summed E-state index contributed by atoms with van der Waals surface area (Å²) in [6.45, 7) is 0.943. The van der Waals surface area contributed by atoms with Crippen LogP contribution >= 0.6 is 11.3 Å². The number of methoxy groups -OCH3 is 1. The van der Waals surface area contributed by atoms with E-state index < -0.39 is 17.6 Å².